The summed E-state index contributed by atoms with van der Waals surface area (Å²) in [5, 5.41) is 0. The third kappa shape index (κ3) is 4.13. The lowest BCUT2D eigenvalue weighted by Crippen LogP contribution is -2.04. The van der Waals surface area contributed by atoms with E-state index < -0.39 is 0 Å². The first-order valence-corrected chi connectivity index (χ1v) is 5.11. The molecule has 1 aromatic carbocycles. The van der Waals surface area contributed by atoms with Gasteiger partial charge in [-0.25, -0.2) is 0 Å². The number of carbonyl (C=O) groups is 1. The Kier molecular flexibility index (Phi) is 4.84. The number of methoxy groups -OCH3 is 1. The summed E-state index contributed by atoms with van der Waals surface area (Å²) in [5.74, 6) is -0.204. The van der Waals surface area contributed by atoms with Crippen molar-refractivity contribution in [2.24, 2.45) is 5.73 Å². The van der Waals surface area contributed by atoms with Gasteiger partial charge in [0.1, 0.15) is 0 Å². The Morgan fingerprint density at radius 3 is 2.40 bits per heavy atom. The summed E-state index contributed by atoms with van der Waals surface area (Å²) in [6.45, 7) is 0.712. The minimum Gasteiger partial charge on any atom is -0.469 e. The summed E-state index contributed by atoms with van der Waals surface area (Å²) >= 11 is 0. The first-order chi connectivity index (χ1) is 7.26. The highest BCUT2D eigenvalue weighted by molar-refractivity contribution is 5.72. The third-order valence-electron chi connectivity index (χ3n) is 2.27. The summed E-state index contributed by atoms with van der Waals surface area (Å²) in [6, 6.07) is 7.99. The van der Waals surface area contributed by atoms with E-state index in [-0.39, 0.29) is 5.97 Å². The standard InChI is InChI=1S/C12H17NO2/c1-15-12(14)9-11-6-4-10(5-7-11)3-2-8-13/h4-7H,2-3,8-9,13H2,1H3. The average molecular weight is 207 g/mol. The average Bonchev–Trinajstić information content (AvgIpc) is 2.28. The molecular formula is C12H17NO2. The van der Waals surface area contributed by atoms with Gasteiger partial charge in [0.2, 0.25) is 0 Å². The zero-order chi connectivity index (χ0) is 11.1. The Balaban J connectivity index is 2.52. The quantitative estimate of drug-likeness (QED) is 0.740. The highest BCUT2D eigenvalue weighted by atomic mass is 16.5. The van der Waals surface area contributed by atoms with Crippen LogP contribution in [0.2, 0.25) is 0 Å². The molecule has 0 atom stereocenters. The summed E-state index contributed by atoms with van der Waals surface area (Å²) in [5.41, 5.74) is 7.67. The molecule has 3 heteroatoms. The lowest BCUT2D eigenvalue weighted by Gasteiger charge is -2.02. The summed E-state index contributed by atoms with van der Waals surface area (Å²) < 4.78 is 4.59. The second-order valence-electron chi connectivity index (χ2n) is 3.46. The third-order valence-corrected chi connectivity index (χ3v) is 2.27. The Labute approximate surface area is 90.2 Å². The first-order valence-electron chi connectivity index (χ1n) is 5.11. The maximum absolute atomic E-state index is 11.0. The van der Waals surface area contributed by atoms with Crippen molar-refractivity contribution < 1.29 is 9.53 Å². The number of aryl methyl sites for hydroxylation is 1. The van der Waals surface area contributed by atoms with Crippen molar-refractivity contribution in [1.82, 2.24) is 0 Å². The van der Waals surface area contributed by atoms with Crippen LogP contribution in [-0.2, 0) is 22.4 Å². The Bertz CT molecular complexity index is 306. The van der Waals surface area contributed by atoms with Gasteiger partial charge < -0.3 is 10.5 Å². The van der Waals surface area contributed by atoms with Gasteiger partial charge in [-0.15, -0.1) is 0 Å². The molecule has 0 radical (unpaired) electrons. The summed E-state index contributed by atoms with van der Waals surface area (Å²) in [7, 11) is 1.40. The van der Waals surface area contributed by atoms with Crippen molar-refractivity contribution in [3.63, 3.8) is 0 Å². The van der Waals surface area contributed by atoms with Crippen molar-refractivity contribution in [2.45, 2.75) is 19.3 Å². The van der Waals surface area contributed by atoms with Gasteiger partial charge in [-0.3, -0.25) is 4.79 Å². The van der Waals surface area contributed by atoms with Gasteiger partial charge in [-0.05, 0) is 30.5 Å². The smallest absolute Gasteiger partial charge is 0.309 e. The van der Waals surface area contributed by atoms with Crippen LogP contribution in [0.5, 0.6) is 0 Å². The molecular weight excluding hydrogens is 190 g/mol. The van der Waals surface area contributed by atoms with E-state index in [9.17, 15) is 4.79 Å². The van der Waals surface area contributed by atoms with Crippen LogP contribution in [0.25, 0.3) is 0 Å². The normalized spacial score (nSPS) is 10.0. The van der Waals surface area contributed by atoms with Crippen LogP contribution >= 0.6 is 0 Å². The second kappa shape index (κ2) is 6.19. The number of rotatable bonds is 5. The van der Waals surface area contributed by atoms with E-state index in [0.29, 0.717) is 13.0 Å². The van der Waals surface area contributed by atoms with Crippen LogP contribution in [0, 0.1) is 0 Å². The number of carbonyl (C=O) groups excluding carboxylic acids is 1. The molecule has 0 unspecified atom stereocenters. The van der Waals surface area contributed by atoms with Gasteiger partial charge in [0, 0.05) is 0 Å². The Hall–Kier alpha value is -1.35. The molecule has 1 aromatic rings. The number of hydrogen-bond acceptors (Lipinski definition) is 3. The van der Waals surface area contributed by atoms with Gasteiger partial charge in [-0.1, -0.05) is 24.3 Å². The molecule has 2 N–H and O–H groups in total. The molecule has 0 heterocycles. The van der Waals surface area contributed by atoms with Crippen LogP contribution in [0.1, 0.15) is 17.5 Å². The molecule has 0 aliphatic carbocycles. The zero-order valence-corrected chi connectivity index (χ0v) is 9.03. The predicted octanol–water partition coefficient (Wildman–Crippen LogP) is 1.29. The predicted molar refractivity (Wildman–Crippen MR) is 59.5 cm³/mol. The van der Waals surface area contributed by atoms with Crippen molar-refractivity contribution in [3.05, 3.63) is 35.4 Å². The van der Waals surface area contributed by atoms with Gasteiger partial charge in [0.05, 0.1) is 13.5 Å². The fraction of sp³-hybridized carbons (Fsp3) is 0.417. The van der Waals surface area contributed by atoms with E-state index in [0.717, 1.165) is 18.4 Å². The van der Waals surface area contributed by atoms with Crippen LogP contribution < -0.4 is 5.73 Å². The van der Waals surface area contributed by atoms with Crippen LogP contribution in [-0.4, -0.2) is 19.6 Å². The summed E-state index contributed by atoms with van der Waals surface area (Å²) in [6.07, 6.45) is 2.33. The zero-order valence-electron chi connectivity index (χ0n) is 9.03. The molecule has 15 heavy (non-hydrogen) atoms. The molecule has 0 aliphatic rings. The molecule has 3 nitrogen and oxygen atoms in total. The number of hydrogen-bond donors (Lipinski definition) is 1. The molecule has 0 aliphatic heterocycles. The highest BCUT2D eigenvalue weighted by Gasteiger charge is 2.02. The van der Waals surface area contributed by atoms with E-state index in [1.165, 1.54) is 12.7 Å². The largest absolute Gasteiger partial charge is 0.469 e. The van der Waals surface area contributed by atoms with E-state index in [1.54, 1.807) is 0 Å². The number of nitrogens with two attached hydrogens (primary N) is 1. The fourth-order valence-corrected chi connectivity index (χ4v) is 1.37. The van der Waals surface area contributed by atoms with Gasteiger partial charge >= 0.3 is 5.97 Å². The van der Waals surface area contributed by atoms with E-state index in [4.69, 9.17) is 5.73 Å². The van der Waals surface area contributed by atoms with Crippen LogP contribution in [0.15, 0.2) is 24.3 Å². The van der Waals surface area contributed by atoms with Gasteiger partial charge in [0.25, 0.3) is 0 Å². The van der Waals surface area contributed by atoms with E-state index >= 15 is 0 Å². The Morgan fingerprint density at radius 2 is 1.87 bits per heavy atom. The minimum absolute atomic E-state index is 0.204. The van der Waals surface area contributed by atoms with Gasteiger partial charge in [-0.2, -0.15) is 0 Å². The maximum Gasteiger partial charge on any atom is 0.309 e. The highest BCUT2D eigenvalue weighted by Crippen LogP contribution is 2.07. The van der Waals surface area contributed by atoms with E-state index in [2.05, 4.69) is 4.74 Å². The van der Waals surface area contributed by atoms with E-state index in [1.807, 2.05) is 24.3 Å². The minimum atomic E-state index is -0.204. The summed E-state index contributed by atoms with van der Waals surface area (Å²) in [4.78, 5) is 11.0. The maximum atomic E-state index is 11.0. The molecule has 0 fully saturated rings. The van der Waals surface area contributed by atoms with Crippen molar-refractivity contribution in [2.75, 3.05) is 13.7 Å². The molecule has 0 aromatic heterocycles. The molecule has 0 spiro atoms. The number of ether oxygens (including phenoxy) is 1. The van der Waals surface area contributed by atoms with Crippen molar-refractivity contribution >= 4 is 5.97 Å². The number of esters is 1. The second-order valence-corrected chi connectivity index (χ2v) is 3.46. The number of benzene rings is 1. The fourth-order valence-electron chi connectivity index (χ4n) is 1.37. The van der Waals surface area contributed by atoms with Crippen molar-refractivity contribution in [3.8, 4) is 0 Å². The first kappa shape index (κ1) is 11.7. The molecule has 0 saturated heterocycles. The molecule has 1 rings (SSSR count). The van der Waals surface area contributed by atoms with Crippen LogP contribution in [0.3, 0.4) is 0 Å². The topological polar surface area (TPSA) is 52.3 Å². The van der Waals surface area contributed by atoms with Crippen molar-refractivity contribution in [1.29, 1.82) is 0 Å². The lowest BCUT2D eigenvalue weighted by atomic mass is 10.1. The molecule has 82 valence electrons. The molecule has 0 bridgehead atoms. The SMILES string of the molecule is COC(=O)Cc1ccc(CCCN)cc1. The molecule has 0 saturated carbocycles. The lowest BCUT2D eigenvalue weighted by molar-refractivity contribution is -0.139. The van der Waals surface area contributed by atoms with Gasteiger partial charge in [0.15, 0.2) is 0 Å². The monoisotopic (exact) mass is 207 g/mol. The Morgan fingerprint density at radius 1 is 1.27 bits per heavy atom. The van der Waals surface area contributed by atoms with Crippen LogP contribution in [0.4, 0.5) is 0 Å². The molecule has 0 amide bonds.